The molecule has 3 rings (SSSR count). The minimum absolute atomic E-state index is 0.0186. The van der Waals surface area contributed by atoms with Gasteiger partial charge in [0.1, 0.15) is 17.4 Å². The van der Waals surface area contributed by atoms with Crippen LogP contribution >= 0.6 is 23.2 Å². The van der Waals surface area contributed by atoms with Crippen molar-refractivity contribution in [3.8, 4) is 11.4 Å². The predicted octanol–water partition coefficient (Wildman–Crippen LogP) is 3.84. The van der Waals surface area contributed by atoms with Gasteiger partial charge in [-0.3, -0.25) is 4.79 Å². The maximum atomic E-state index is 12.8. The number of para-hydroxylation sites is 1. The number of aromatic nitrogens is 2. The normalized spacial score (nSPS) is 10.5. The molecular formula is C21H19Cl2N3O4. The Balaban J connectivity index is 1.80. The van der Waals surface area contributed by atoms with Gasteiger partial charge in [0.15, 0.2) is 0 Å². The number of halogens is 2. The number of hydrogen-bond acceptors (Lipinski definition) is 6. The summed E-state index contributed by atoms with van der Waals surface area (Å²) < 4.78 is 11.5. The van der Waals surface area contributed by atoms with E-state index in [0.29, 0.717) is 29.6 Å². The Labute approximate surface area is 183 Å². The maximum absolute atomic E-state index is 12.8. The number of esters is 1. The van der Waals surface area contributed by atoms with Crippen LogP contribution in [0.15, 0.2) is 59.5 Å². The van der Waals surface area contributed by atoms with Crippen LogP contribution in [-0.4, -0.2) is 43.1 Å². The fourth-order valence-corrected chi connectivity index (χ4v) is 3.23. The van der Waals surface area contributed by atoms with Crippen LogP contribution in [0.25, 0.3) is 5.69 Å². The van der Waals surface area contributed by atoms with Gasteiger partial charge in [-0.15, -0.1) is 0 Å². The van der Waals surface area contributed by atoms with Crippen LogP contribution in [0.2, 0.25) is 10.0 Å². The predicted molar refractivity (Wildman–Crippen MR) is 116 cm³/mol. The summed E-state index contributed by atoms with van der Waals surface area (Å²) in [6, 6.07) is 13.6. The lowest BCUT2D eigenvalue weighted by molar-refractivity contribution is 0.0600. The highest BCUT2D eigenvalue weighted by molar-refractivity contribution is 6.33. The minimum atomic E-state index is -0.574. The molecule has 1 heterocycles. The zero-order valence-corrected chi connectivity index (χ0v) is 17.9. The molecule has 0 aliphatic carbocycles. The van der Waals surface area contributed by atoms with E-state index in [2.05, 4.69) is 5.10 Å². The molecule has 0 saturated heterocycles. The Morgan fingerprint density at radius 3 is 2.67 bits per heavy atom. The van der Waals surface area contributed by atoms with Gasteiger partial charge in [0.05, 0.1) is 36.8 Å². The monoisotopic (exact) mass is 447 g/mol. The van der Waals surface area contributed by atoms with Crippen molar-refractivity contribution in [1.82, 2.24) is 9.78 Å². The van der Waals surface area contributed by atoms with Gasteiger partial charge in [-0.1, -0.05) is 41.4 Å². The van der Waals surface area contributed by atoms with Crippen LogP contribution in [0.4, 0.5) is 5.69 Å². The Hall–Kier alpha value is -3.03. The molecule has 0 fully saturated rings. The summed E-state index contributed by atoms with van der Waals surface area (Å²) in [6.45, 7) is 0.803. The molecule has 0 radical (unpaired) electrons. The third-order valence-corrected chi connectivity index (χ3v) is 4.93. The Bertz CT molecular complexity index is 1120. The number of benzene rings is 2. The fraction of sp³-hybridized carbons (Fsp3) is 0.190. The van der Waals surface area contributed by atoms with E-state index in [4.69, 9.17) is 32.7 Å². The number of methoxy groups -OCH3 is 1. The Kier molecular flexibility index (Phi) is 6.97. The van der Waals surface area contributed by atoms with Crippen LogP contribution in [0.1, 0.15) is 10.4 Å². The molecule has 0 aliphatic heterocycles. The molecule has 9 heteroatoms. The lowest BCUT2D eigenvalue weighted by atomic mass is 10.2. The first-order valence-electron chi connectivity index (χ1n) is 8.97. The van der Waals surface area contributed by atoms with Crippen molar-refractivity contribution in [2.24, 2.45) is 0 Å². The van der Waals surface area contributed by atoms with Crippen molar-refractivity contribution >= 4 is 34.9 Å². The highest BCUT2D eigenvalue weighted by atomic mass is 35.5. The summed E-state index contributed by atoms with van der Waals surface area (Å²) in [6.07, 6.45) is 1.47. The zero-order chi connectivity index (χ0) is 21.7. The average Bonchev–Trinajstić information content (AvgIpc) is 2.75. The number of hydrogen-bond donors (Lipinski definition) is 0. The van der Waals surface area contributed by atoms with Crippen LogP contribution < -0.4 is 15.2 Å². The number of anilines is 1. The van der Waals surface area contributed by atoms with Gasteiger partial charge in [0.25, 0.3) is 5.56 Å². The van der Waals surface area contributed by atoms with E-state index >= 15 is 0 Å². The smallest absolute Gasteiger partial charge is 0.340 e. The largest absolute Gasteiger partial charge is 0.492 e. The van der Waals surface area contributed by atoms with Crippen molar-refractivity contribution < 1.29 is 14.3 Å². The standard InChI is InChI=1S/C21H19Cl2N3O4/c1-25(10-11-30-15-7-5-6-14(22)12-15)18-13-24-26(20(27)19(18)23)17-9-4-3-8-16(17)21(28)29-2/h3-9,12-13H,10-11H2,1-2H3. The third-order valence-electron chi connectivity index (χ3n) is 4.34. The SMILES string of the molecule is COC(=O)c1ccccc1-n1ncc(N(C)CCOc2cccc(Cl)c2)c(Cl)c1=O. The van der Waals surface area contributed by atoms with E-state index in [0.717, 1.165) is 4.68 Å². The lowest BCUT2D eigenvalue weighted by Gasteiger charge is -2.21. The van der Waals surface area contributed by atoms with E-state index in [9.17, 15) is 9.59 Å². The van der Waals surface area contributed by atoms with Crippen LogP contribution in [0.5, 0.6) is 5.75 Å². The topological polar surface area (TPSA) is 73.7 Å². The van der Waals surface area contributed by atoms with Crippen molar-refractivity contribution in [2.75, 3.05) is 32.2 Å². The number of carbonyl (C=O) groups is 1. The molecular weight excluding hydrogens is 429 g/mol. The number of nitrogens with zero attached hydrogens (tertiary/aromatic N) is 3. The van der Waals surface area contributed by atoms with Crippen LogP contribution in [0.3, 0.4) is 0 Å². The van der Waals surface area contributed by atoms with Crippen molar-refractivity contribution in [3.63, 3.8) is 0 Å². The molecule has 0 N–H and O–H groups in total. The first kappa shape index (κ1) is 21.7. The molecule has 0 amide bonds. The molecule has 0 spiro atoms. The number of carbonyl (C=O) groups excluding carboxylic acids is 1. The molecule has 0 unspecified atom stereocenters. The van der Waals surface area contributed by atoms with Gasteiger partial charge in [-0.2, -0.15) is 9.78 Å². The van der Waals surface area contributed by atoms with Crippen molar-refractivity contribution in [3.05, 3.63) is 80.7 Å². The van der Waals surface area contributed by atoms with Gasteiger partial charge in [-0.25, -0.2) is 4.79 Å². The lowest BCUT2D eigenvalue weighted by Crippen LogP contribution is -2.29. The van der Waals surface area contributed by atoms with Crippen LogP contribution in [-0.2, 0) is 4.74 Å². The highest BCUT2D eigenvalue weighted by Gasteiger charge is 2.18. The van der Waals surface area contributed by atoms with E-state index in [-0.39, 0.29) is 16.3 Å². The van der Waals surface area contributed by atoms with Gasteiger partial charge < -0.3 is 14.4 Å². The van der Waals surface area contributed by atoms with Crippen molar-refractivity contribution in [2.45, 2.75) is 0 Å². The van der Waals surface area contributed by atoms with Gasteiger partial charge in [0, 0.05) is 12.1 Å². The zero-order valence-electron chi connectivity index (χ0n) is 16.3. The first-order chi connectivity index (χ1) is 14.4. The quantitative estimate of drug-likeness (QED) is 0.512. The molecule has 0 atom stereocenters. The summed E-state index contributed by atoms with van der Waals surface area (Å²) >= 11 is 12.3. The average molecular weight is 448 g/mol. The van der Waals surface area contributed by atoms with Gasteiger partial charge in [0.2, 0.25) is 0 Å². The summed E-state index contributed by atoms with van der Waals surface area (Å²) in [5.41, 5.74) is 0.396. The number of rotatable bonds is 7. The van der Waals surface area contributed by atoms with Crippen LogP contribution in [0, 0.1) is 0 Å². The fourth-order valence-electron chi connectivity index (χ4n) is 2.78. The molecule has 30 heavy (non-hydrogen) atoms. The van der Waals surface area contributed by atoms with E-state index < -0.39 is 11.5 Å². The maximum Gasteiger partial charge on any atom is 0.340 e. The molecule has 7 nitrogen and oxygen atoms in total. The summed E-state index contributed by atoms with van der Waals surface area (Å²) in [5.74, 6) is 0.0738. The molecule has 0 bridgehead atoms. The van der Waals surface area contributed by atoms with Crippen molar-refractivity contribution in [1.29, 1.82) is 0 Å². The molecule has 1 aromatic heterocycles. The van der Waals surface area contributed by atoms with E-state index in [1.54, 1.807) is 60.5 Å². The molecule has 0 saturated carbocycles. The Morgan fingerprint density at radius 1 is 1.17 bits per heavy atom. The third kappa shape index (κ3) is 4.75. The summed E-state index contributed by atoms with van der Waals surface area (Å²) in [7, 11) is 3.04. The second-order valence-corrected chi connectivity index (χ2v) is 7.11. The summed E-state index contributed by atoms with van der Waals surface area (Å²) in [5, 5.41) is 4.77. The second-order valence-electron chi connectivity index (χ2n) is 6.30. The van der Waals surface area contributed by atoms with E-state index in [1.807, 2.05) is 0 Å². The minimum Gasteiger partial charge on any atom is -0.492 e. The molecule has 2 aromatic carbocycles. The van der Waals surface area contributed by atoms with Gasteiger partial charge >= 0.3 is 5.97 Å². The summed E-state index contributed by atoms with van der Waals surface area (Å²) in [4.78, 5) is 26.6. The number of ether oxygens (including phenoxy) is 2. The first-order valence-corrected chi connectivity index (χ1v) is 9.73. The Morgan fingerprint density at radius 2 is 1.93 bits per heavy atom. The molecule has 0 aliphatic rings. The molecule has 3 aromatic rings. The highest BCUT2D eigenvalue weighted by Crippen LogP contribution is 2.22. The second kappa shape index (κ2) is 9.65. The number of likely N-dealkylation sites (N-methyl/N-ethyl adjacent to an activating group) is 1. The van der Waals surface area contributed by atoms with Gasteiger partial charge in [-0.05, 0) is 30.3 Å². The molecule has 156 valence electrons. The van der Waals surface area contributed by atoms with E-state index in [1.165, 1.54) is 13.3 Å².